The Morgan fingerprint density at radius 3 is 1.81 bits per heavy atom. The summed E-state index contributed by atoms with van der Waals surface area (Å²) in [4.78, 5) is 52.4. The number of hydrogen-bond acceptors (Lipinski definition) is 6. The van der Waals surface area contributed by atoms with Crippen molar-refractivity contribution in [1.29, 1.82) is 0 Å². The highest BCUT2D eigenvalue weighted by molar-refractivity contribution is 6.00. The standard InChI is InChI=1S/C42H66N6O4/c1-31(2)43-39(49)30-46-29-36-37(44-41(46)45-42(51)48(34-21-11-5-12-22-34)35-23-13-6-14-24-35)25-15-26-38(36)52-28-16-27-40(50)47(32-17-7-3-8-18-32)33-19-9-4-10-20-33/h15,25-26,31-35H,3-14,16-24,27-30H2,1-2H3,(H,43,49)(H,44,45,51). The molecule has 10 nitrogen and oxygen atoms in total. The molecule has 4 fully saturated rings. The fourth-order valence-electron chi connectivity index (χ4n) is 9.65. The van der Waals surface area contributed by atoms with Crippen LogP contribution in [0.25, 0.3) is 0 Å². The molecule has 0 bridgehead atoms. The van der Waals surface area contributed by atoms with Crippen molar-refractivity contribution in [1.82, 2.24) is 25.3 Å². The van der Waals surface area contributed by atoms with E-state index in [-0.39, 0.29) is 36.6 Å². The molecule has 10 heteroatoms. The van der Waals surface area contributed by atoms with Gasteiger partial charge in [0, 0.05) is 42.2 Å². The van der Waals surface area contributed by atoms with Gasteiger partial charge in [-0.25, -0.2) is 9.79 Å². The van der Waals surface area contributed by atoms with Gasteiger partial charge in [-0.15, -0.1) is 0 Å². The van der Waals surface area contributed by atoms with Gasteiger partial charge in [-0.05, 0) is 83.8 Å². The van der Waals surface area contributed by atoms with Crippen molar-refractivity contribution in [3.8, 4) is 5.75 Å². The van der Waals surface area contributed by atoms with Gasteiger partial charge in [0.2, 0.25) is 17.8 Å². The largest absolute Gasteiger partial charge is 0.493 e. The molecule has 4 amide bonds. The molecule has 0 atom stereocenters. The van der Waals surface area contributed by atoms with Gasteiger partial charge in [-0.1, -0.05) is 83.1 Å². The van der Waals surface area contributed by atoms with E-state index in [0.717, 1.165) is 94.1 Å². The molecule has 0 spiro atoms. The van der Waals surface area contributed by atoms with Gasteiger partial charge in [-0.3, -0.25) is 14.9 Å². The third-order valence-corrected chi connectivity index (χ3v) is 12.2. The predicted molar refractivity (Wildman–Crippen MR) is 207 cm³/mol. The number of carbonyl (C=O) groups is 3. The number of guanidine groups is 1. The van der Waals surface area contributed by atoms with Crippen molar-refractivity contribution in [2.75, 3.05) is 13.2 Å². The summed E-state index contributed by atoms with van der Waals surface area (Å²) in [5, 5.41) is 6.22. The van der Waals surface area contributed by atoms with E-state index in [9.17, 15) is 14.4 Å². The minimum absolute atomic E-state index is 0.00130. The Morgan fingerprint density at radius 1 is 0.769 bits per heavy atom. The minimum atomic E-state index is -0.116. The lowest BCUT2D eigenvalue weighted by Crippen LogP contribution is -2.57. The summed E-state index contributed by atoms with van der Waals surface area (Å²) in [5.41, 5.74) is 1.64. The summed E-state index contributed by atoms with van der Waals surface area (Å²) in [6.45, 7) is 4.80. The van der Waals surface area contributed by atoms with Crippen molar-refractivity contribution < 1.29 is 19.1 Å². The summed E-state index contributed by atoms with van der Waals surface area (Å²) in [5.74, 6) is 1.31. The monoisotopic (exact) mass is 719 g/mol. The summed E-state index contributed by atoms with van der Waals surface area (Å²) in [7, 11) is 0. The molecule has 4 saturated carbocycles. The van der Waals surface area contributed by atoms with Gasteiger partial charge < -0.3 is 24.8 Å². The topological polar surface area (TPSA) is 107 Å². The number of urea groups is 1. The van der Waals surface area contributed by atoms with Crippen LogP contribution >= 0.6 is 0 Å². The van der Waals surface area contributed by atoms with Crippen LogP contribution < -0.4 is 15.4 Å². The quantitative estimate of drug-likeness (QED) is 0.212. The van der Waals surface area contributed by atoms with Crippen LogP contribution in [0.4, 0.5) is 10.5 Å². The highest BCUT2D eigenvalue weighted by atomic mass is 16.5. The van der Waals surface area contributed by atoms with Crippen LogP contribution in [0, 0.1) is 0 Å². The fraction of sp³-hybridized carbons (Fsp3) is 0.762. The lowest BCUT2D eigenvalue weighted by molar-refractivity contribution is -0.138. The summed E-state index contributed by atoms with van der Waals surface area (Å²) >= 11 is 0. The average molecular weight is 719 g/mol. The number of carbonyl (C=O) groups excluding carboxylic acids is 3. The molecule has 0 aromatic heterocycles. The fourth-order valence-corrected chi connectivity index (χ4v) is 9.65. The second-order valence-corrected chi connectivity index (χ2v) is 16.5. The van der Waals surface area contributed by atoms with Gasteiger partial charge in [0.25, 0.3) is 0 Å². The van der Waals surface area contributed by atoms with E-state index in [0.29, 0.717) is 49.9 Å². The van der Waals surface area contributed by atoms with Crippen LogP contribution in [-0.4, -0.2) is 81.9 Å². The number of amides is 4. The predicted octanol–water partition coefficient (Wildman–Crippen LogP) is 8.34. The molecule has 1 aromatic rings. The molecule has 5 aliphatic rings. The number of benzene rings is 1. The van der Waals surface area contributed by atoms with E-state index < -0.39 is 0 Å². The maximum atomic E-state index is 14.2. The molecule has 52 heavy (non-hydrogen) atoms. The lowest BCUT2D eigenvalue weighted by atomic mass is 9.88. The molecular weight excluding hydrogens is 652 g/mol. The van der Waals surface area contributed by atoms with Gasteiger partial charge in [0.1, 0.15) is 12.3 Å². The Hall–Kier alpha value is -3.30. The zero-order valence-corrected chi connectivity index (χ0v) is 32.2. The molecule has 1 aromatic carbocycles. The van der Waals surface area contributed by atoms with E-state index >= 15 is 0 Å². The number of nitrogens with one attached hydrogen (secondary N) is 2. The number of fused-ring (bicyclic) bond motifs is 1. The molecule has 288 valence electrons. The highest BCUT2D eigenvalue weighted by Crippen LogP contribution is 2.35. The zero-order chi connectivity index (χ0) is 36.3. The Bertz CT molecular complexity index is 1320. The van der Waals surface area contributed by atoms with Crippen molar-refractivity contribution in [3.63, 3.8) is 0 Å². The van der Waals surface area contributed by atoms with Crippen LogP contribution in [0.3, 0.4) is 0 Å². The summed E-state index contributed by atoms with van der Waals surface area (Å²) < 4.78 is 6.39. The Balaban J connectivity index is 1.14. The van der Waals surface area contributed by atoms with Crippen molar-refractivity contribution in [3.05, 3.63) is 23.8 Å². The van der Waals surface area contributed by atoms with Gasteiger partial charge >= 0.3 is 6.03 Å². The van der Waals surface area contributed by atoms with E-state index in [1.165, 1.54) is 51.4 Å². The van der Waals surface area contributed by atoms with Crippen LogP contribution in [0.1, 0.15) is 161 Å². The summed E-state index contributed by atoms with van der Waals surface area (Å²) in [6.07, 6.45) is 24.5. The number of nitrogens with zero attached hydrogens (tertiary/aromatic N) is 4. The second-order valence-electron chi connectivity index (χ2n) is 16.5. The summed E-state index contributed by atoms with van der Waals surface area (Å²) in [6, 6.07) is 7.04. The second kappa shape index (κ2) is 19.2. The third kappa shape index (κ3) is 10.2. The molecule has 1 aliphatic heterocycles. The lowest BCUT2D eigenvalue weighted by Gasteiger charge is -2.42. The van der Waals surface area contributed by atoms with Gasteiger partial charge in [0.15, 0.2) is 0 Å². The first-order valence-electron chi connectivity index (χ1n) is 21.2. The SMILES string of the molecule is CC(C)NC(=O)CN1Cc2c(cccc2OCCCC(=O)N(C2CCCCC2)C2CCCCC2)N=C1NC(=O)N(C1CCCCC1)C1CCCCC1. The zero-order valence-electron chi connectivity index (χ0n) is 32.2. The van der Waals surface area contributed by atoms with Gasteiger partial charge in [-0.2, -0.15) is 0 Å². The molecule has 0 radical (unpaired) electrons. The van der Waals surface area contributed by atoms with Crippen LogP contribution in [0.2, 0.25) is 0 Å². The number of rotatable bonds is 12. The molecule has 6 rings (SSSR count). The third-order valence-electron chi connectivity index (χ3n) is 12.2. The first-order valence-corrected chi connectivity index (χ1v) is 21.2. The molecule has 0 unspecified atom stereocenters. The first-order chi connectivity index (χ1) is 25.4. The maximum absolute atomic E-state index is 14.2. The van der Waals surface area contributed by atoms with E-state index in [1.807, 2.05) is 36.9 Å². The average Bonchev–Trinajstić information content (AvgIpc) is 3.15. The number of hydrogen-bond donors (Lipinski definition) is 2. The molecule has 4 aliphatic carbocycles. The van der Waals surface area contributed by atoms with E-state index in [4.69, 9.17) is 9.73 Å². The van der Waals surface area contributed by atoms with Crippen LogP contribution in [0.15, 0.2) is 23.2 Å². The molecule has 2 N–H and O–H groups in total. The molecule has 0 saturated heterocycles. The maximum Gasteiger partial charge on any atom is 0.324 e. The molecular formula is C42H66N6O4. The smallest absolute Gasteiger partial charge is 0.324 e. The van der Waals surface area contributed by atoms with Crippen molar-refractivity contribution in [2.45, 2.75) is 192 Å². The van der Waals surface area contributed by atoms with Crippen molar-refractivity contribution in [2.24, 2.45) is 4.99 Å². The van der Waals surface area contributed by atoms with E-state index in [2.05, 4.69) is 20.4 Å². The Labute approximate surface area is 312 Å². The normalized spacial score (nSPS) is 20.9. The number of aliphatic imine (C=N–C) groups is 1. The first kappa shape index (κ1) is 38.4. The van der Waals surface area contributed by atoms with Crippen LogP contribution in [-0.2, 0) is 16.1 Å². The number of ether oxygens (including phenoxy) is 1. The van der Waals surface area contributed by atoms with E-state index in [1.54, 1.807) is 0 Å². The highest BCUT2D eigenvalue weighted by Gasteiger charge is 2.35. The Morgan fingerprint density at radius 2 is 1.29 bits per heavy atom. The molecule has 1 heterocycles. The minimum Gasteiger partial charge on any atom is -0.493 e. The Kier molecular flexibility index (Phi) is 14.2. The van der Waals surface area contributed by atoms with Crippen molar-refractivity contribution >= 4 is 29.5 Å². The van der Waals surface area contributed by atoms with Gasteiger partial charge in [0.05, 0.1) is 18.8 Å². The van der Waals surface area contributed by atoms with Crippen LogP contribution in [0.5, 0.6) is 5.75 Å².